The van der Waals surface area contributed by atoms with Crippen LogP contribution in [-0.4, -0.2) is 16.5 Å². The van der Waals surface area contributed by atoms with Crippen molar-refractivity contribution in [2.45, 2.75) is 12.0 Å². The predicted octanol–water partition coefficient (Wildman–Crippen LogP) is 4.71. The van der Waals surface area contributed by atoms with E-state index in [0.29, 0.717) is 5.69 Å². The molecule has 1 heterocycles. The highest BCUT2D eigenvalue weighted by molar-refractivity contribution is 5.96. The first-order chi connectivity index (χ1) is 16.0. The third-order valence-corrected chi connectivity index (χ3v) is 5.68. The fourth-order valence-corrected chi connectivity index (χ4v) is 3.94. The van der Waals surface area contributed by atoms with Crippen LogP contribution in [-0.2, 0) is 11.8 Å². The standard InChI is InChI=1S/C27H24FN3O2.ClH/c1-31-23(13-8-14-24(31)32)21-16-15-20(17-22(21)28)30-27(33)26(29)25(18-9-4-2-5-10-18)19-11-6-3-7-12-19;/h2-17,25-26H,29H2,1H3,(H,30,33);1H/t26-;/m0./s1. The van der Waals surface area contributed by atoms with E-state index < -0.39 is 17.8 Å². The number of halogens is 2. The van der Waals surface area contributed by atoms with Gasteiger partial charge in [-0.3, -0.25) is 9.59 Å². The number of nitrogens with one attached hydrogen (secondary N) is 1. The molecule has 0 saturated heterocycles. The SMILES string of the molecule is Cl.Cn1c(-c2ccc(NC(=O)[C@@H](N)C(c3ccccc3)c3ccccc3)cc2F)cccc1=O. The van der Waals surface area contributed by atoms with Crippen LogP contribution in [0.2, 0.25) is 0 Å². The first-order valence-corrected chi connectivity index (χ1v) is 10.6. The van der Waals surface area contributed by atoms with E-state index in [1.807, 2.05) is 60.7 Å². The highest BCUT2D eigenvalue weighted by Gasteiger charge is 2.28. The van der Waals surface area contributed by atoms with E-state index in [1.165, 1.54) is 22.8 Å². The lowest BCUT2D eigenvalue weighted by molar-refractivity contribution is -0.117. The molecule has 1 aromatic heterocycles. The van der Waals surface area contributed by atoms with Crippen LogP contribution in [0.25, 0.3) is 11.3 Å². The van der Waals surface area contributed by atoms with E-state index in [4.69, 9.17) is 5.73 Å². The number of hydrogen-bond donors (Lipinski definition) is 2. The molecule has 0 radical (unpaired) electrons. The van der Waals surface area contributed by atoms with Crippen LogP contribution in [0.15, 0.2) is 102 Å². The van der Waals surface area contributed by atoms with Gasteiger partial charge in [0.2, 0.25) is 5.91 Å². The molecule has 0 bridgehead atoms. The van der Waals surface area contributed by atoms with Crippen molar-refractivity contribution >= 4 is 24.0 Å². The van der Waals surface area contributed by atoms with Gasteiger partial charge in [0.05, 0.1) is 11.7 Å². The lowest BCUT2D eigenvalue weighted by Crippen LogP contribution is -2.41. The molecule has 0 aliphatic carbocycles. The topological polar surface area (TPSA) is 77.1 Å². The molecule has 0 fully saturated rings. The summed E-state index contributed by atoms with van der Waals surface area (Å²) in [7, 11) is 1.58. The minimum Gasteiger partial charge on any atom is -0.325 e. The second kappa shape index (κ2) is 10.9. The third kappa shape index (κ3) is 5.25. The maximum Gasteiger partial charge on any atom is 0.250 e. The molecule has 5 nitrogen and oxygen atoms in total. The molecule has 0 aliphatic rings. The molecule has 174 valence electrons. The van der Waals surface area contributed by atoms with Gasteiger partial charge in [0.25, 0.3) is 5.56 Å². The van der Waals surface area contributed by atoms with E-state index in [2.05, 4.69) is 5.32 Å². The Morgan fingerprint density at radius 3 is 2.03 bits per heavy atom. The van der Waals surface area contributed by atoms with Crippen molar-refractivity contribution in [2.24, 2.45) is 12.8 Å². The molecule has 0 saturated carbocycles. The van der Waals surface area contributed by atoms with Gasteiger partial charge in [0.1, 0.15) is 5.82 Å². The van der Waals surface area contributed by atoms with Gasteiger partial charge in [-0.1, -0.05) is 66.7 Å². The number of carbonyl (C=O) groups is 1. The predicted molar refractivity (Wildman–Crippen MR) is 136 cm³/mol. The second-order valence-corrected chi connectivity index (χ2v) is 7.82. The zero-order chi connectivity index (χ0) is 23.4. The fraction of sp³-hybridized carbons (Fsp3) is 0.111. The summed E-state index contributed by atoms with van der Waals surface area (Å²) in [4.78, 5) is 24.9. The first-order valence-electron chi connectivity index (χ1n) is 10.6. The summed E-state index contributed by atoms with van der Waals surface area (Å²) in [6.45, 7) is 0. The van der Waals surface area contributed by atoms with Crippen molar-refractivity contribution in [2.75, 3.05) is 5.32 Å². The third-order valence-electron chi connectivity index (χ3n) is 5.68. The monoisotopic (exact) mass is 477 g/mol. The molecule has 7 heteroatoms. The Kier molecular flexibility index (Phi) is 7.99. The van der Waals surface area contributed by atoms with E-state index in [9.17, 15) is 14.0 Å². The Morgan fingerprint density at radius 2 is 1.47 bits per heavy atom. The minimum absolute atomic E-state index is 0. The highest BCUT2D eigenvalue weighted by atomic mass is 35.5. The summed E-state index contributed by atoms with van der Waals surface area (Å²) in [6, 6.07) is 27.3. The van der Waals surface area contributed by atoms with Gasteiger partial charge in [-0.2, -0.15) is 0 Å². The van der Waals surface area contributed by atoms with Crippen LogP contribution < -0.4 is 16.6 Å². The Bertz CT molecular complexity index is 1290. The van der Waals surface area contributed by atoms with Crippen molar-refractivity contribution in [3.63, 3.8) is 0 Å². The number of anilines is 1. The Balaban J connectivity index is 0.00000324. The molecule has 3 N–H and O–H groups in total. The average molecular weight is 478 g/mol. The molecule has 4 aromatic rings. The molecule has 4 rings (SSSR count). The van der Waals surface area contributed by atoms with Crippen LogP contribution in [0.4, 0.5) is 10.1 Å². The molecule has 1 atom stereocenters. The summed E-state index contributed by atoms with van der Waals surface area (Å²) in [6.07, 6.45) is 0. The van der Waals surface area contributed by atoms with Gasteiger partial charge in [-0.25, -0.2) is 4.39 Å². The number of benzene rings is 3. The number of pyridine rings is 1. The van der Waals surface area contributed by atoms with Gasteiger partial charge in [-0.15, -0.1) is 12.4 Å². The van der Waals surface area contributed by atoms with Gasteiger partial charge in [-0.05, 0) is 35.4 Å². The summed E-state index contributed by atoms with van der Waals surface area (Å²) >= 11 is 0. The van der Waals surface area contributed by atoms with E-state index >= 15 is 0 Å². The number of carbonyl (C=O) groups excluding carboxylic acids is 1. The maximum atomic E-state index is 14.9. The van der Waals surface area contributed by atoms with Crippen molar-refractivity contribution in [1.29, 1.82) is 0 Å². The molecule has 0 aliphatic heterocycles. The Morgan fingerprint density at radius 1 is 0.882 bits per heavy atom. The van der Waals surface area contributed by atoms with Crippen LogP contribution in [0.3, 0.4) is 0 Å². The lowest BCUT2D eigenvalue weighted by Gasteiger charge is -2.24. The zero-order valence-corrected chi connectivity index (χ0v) is 19.3. The minimum atomic E-state index is -0.896. The molecule has 0 spiro atoms. The van der Waals surface area contributed by atoms with Crippen LogP contribution in [0.1, 0.15) is 17.0 Å². The van der Waals surface area contributed by atoms with Gasteiger partial charge in [0.15, 0.2) is 0 Å². The number of hydrogen-bond acceptors (Lipinski definition) is 3. The lowest BCUT2D eigenvalue weighted by atomic mass is 9.85. The summed E-state index contributed by atoms with van der Waals surface area (Å²) in [5, 5.41) is 2.73. The maximum absolute atomic E-state index is 14.9. The highest BCUT2D eigenvalue weighted by Crippen LogP contribution is 2.29. The van der Waals surface area contributed by atoms with Crippen molar-refractivity contribution in [3.8, 4) is 11.3 Å². The van der Waals surface area contributed by atoms with E-state index in [-0.39, 0.29) is 35.1 Å². The molecular formula is C27H25ClFN3O2. The molecule has 1 amide bonds. The number of amides is 1. The zero-order valence-electron chi connectivity index (χ0n) is 18.5. The Hall–Kier alpha value is -3.74. The molecule has 3 aromatic carbocycles. The average Bonchev–Trinajstić information content (AvgIpc) is 2.83. The van der Waals surface area contributed by atoms with E-state index in [1.54, 1.807) is 25.2 Å². The molecule has 0 unspecified atom stereocenters. The second-order valence-electron chi connectivity index (χ2n) is 7.82. The first kappa shape index (κ1) is 24.9. The number of aromatic nitrogens is 1. The van der Waals surface area contributed by atoms with Crippen molar-refractivity contribution in [3.05, 3.63) is 124 Å². The number of nitrogens with two attached hydrogens (primary N) is 1. The summed E-state index contributed by atoms with van der Waals surface area (Å²) in [5.41, 5.74) is 9.03. The van der Waals surface area contributed by atoms with Crippen LogP contribution >= 0.6 is 12.4 Å². The van der Waals surface area contributed by atoms with Gasteiger partial charge >= 0.3 is 0 Å². The van der Waals surface area contributed by atoms with Crippen molar-refractivity contribution in [1.82, 2.24) is 4.57 Å². The van der Waals surface area contributed by atoms with E-state index in [0.717, 1.165) is 11.1 Å². The molecule has 34 heavy (non-hydrogen) atoms. The smallest absolute Gasteiger partial charge is 0.250 e. The van der Waals surface area contributed by atoms with Gasteiger partial charge in [0, 0.05) is 30.3 Å². The van der Waals surface area contributed by atoms with Crippen LogP contribution in [0.5, 0.6) is 0 Å². The summed E-state index contributed by atoms with van der Waals surface area (Å²) in [5.74, 6) is -1.34. The normalized spacial score (nSPS) is 11.5. The largest absolute Gasteiger partial charge is 0.325 e. The van der Waals surface area contributed by atoms with Gasteiger partial charge < -0.3 is 15.6 Å². The van der Waals surface area contributed by atoms with Crippen LogP contribution in [0, 0.1) is 5.82 Å². The fourth-order valence-electron chi connectivity index (χ4n) is 3.94. The summed E-state index contributed by atoms with van der Waals surface area (Å²) < 4.78 is 16.3. The number of rotatable bonds is 6. The van der Waals surface area contributed by atoms with Crippen molar-refractivity contribution < 1.29 is 9.18 Å². The Labute approximate surface area is 203 Å². The molecular weight excluding hydrogens is 453 g/mol. The quantitative estimate of drug-likeness (QED) is 0.422. The number of nitrogens with zero attached hydrogens (tertiary/aromatic N) is 1.